The van der Waals surface area contributed by atoms with E-state index in [2.05, 4.69) is 4.74 Å². The van der Waals surface area contributed by atoms with E-state index in [1.165, 1.54) is 0 Å². The molecular formula is C4H6F2O3. The second-order valence-corrected chi connectivity index (χ2v) is 1.38. The van der Waals surface area contributed by atoms with Gasteiger partial charge in [0.1, 0.15) is 0 Å². The van der Waals surface area contributed by atoms with Crippen LogP contribution < -0.4 is 0 Å². The molecule has 0 aliphatic rings. The van der Waals surface area contributed by atoms with Gasteiger partial charge in [-0.3, -0.25) is 0 Å². The summed E-state index contributed by atoms with van der Waals surface area (Å²) in [6, 6.07) is 0. The van der Waals surface area contributed by atoms with Crippen LogP contribution in [0.3, 0.4) is 0 Å². The van der Waals surface area contributed by atoms with E-state index in [4.69, 9.17) is 5.11 Å². The maximum absolute atomic E-state index is 11.2. The Hall–Kier alpha value is -0.710. The lowest BCUT2D eigenvalue weighted by Gasteiger charge is -2.04. The Bertz CT molecular complexity index is 104. The van der Waals surface area contributed by atoms with Crippen molar-refractivity contribution < 1.29 is 23.4 Å². The van der Waals surface area contributed by atoms with E-state index in [0.29, 0.717) is 0 Å². The van der Waals surface area contributed by atoms with Crippen molar-refractivity contribution >= 4 is 5.97 Å². The zero-order chi connectivity index (χ0) is 7.44. The SMILES string of the molecule is CC(OC(F)F)C(=O)O. The van der Waals surface area contributed by atoms with Gasteiger partial charge in [0.25, 0.3) is 0 Å². The molecule has 0 aromatic heterocycles. The molecular weight excluding hydrogens is 134 g/mol. The monoisotopic (exact) mass is 140 g/mol. The van der Waals surface area contributed by atoms with Gasteiger partial charge in [-0.2, -0.15) is 8.78 Å². The second-order valence-electron chi connectivity index (χ2n) is 1.38. The zero-order valence-corrected chi connectivity index (χ0v) is 4.67. The lowest BCUT2D eigenvalue weighted by Crippen LogP contribution is -2.22. The normalized spacial score (nSPS) is 13.8. The third-order valence-corrected chi connectivity index (χ3v) is 0.655. The molecule has 0 radical (unpaired) electrons. The summed E-state index contributed by atoms with van der Waals surface area (Å²) in [5.74, 6) is -1.39. The largest absolute Gasteiger partial charge is 0.479 e. The van der Waals surface area contributed by atoms with Gasteiger partial charge in [0, 0.05) is 0 Å². The Morgan fingerprint density at radius 2 is 2.11 bits per heavy atom. The highest BCUT2D eigenvalue weighted by Crippen LogP contribution is 1.99. The minimum absolute atomic E-state index is 1.04. The molecule has 3 nitrogen and oxygen atoms in total. The van der Waals surface area contributed by atoms with E-state index in [-0.39, 0.29) is 0 Å². The molecule has 0 heterocycles. The van der Waals surface area contributed by atoms with Gasteiger partial charge >= 0.3 is 12.6 Å². The second kappa shape index (κ2) is 3.34. The third-order valence-electron chi connectivity index (χ3n) is 0.655. The number of hydrogen-bond acceptors (Lipinski definition) is 2. The van der Waals surface area contributed by atoms with E-state index in [9.17, 15) is 13.6 Å². The van der Waals surface area contributed by atoms with Crippen molar-refractivity contribution in [3.05, 3.63) is 0 Å². The van der Waals surface area contributed by atoms with Gasteiger partial charge in [0.05, 0.1) is 0 Å². The standard InChI is InChI=1S/C4H6F2O3/c1-2(3(7)8)9-4(5)6/h2,4H,1H3,(H,7,8). The van der Waals surface area contributed by atoms with Crippen LogP contribution in [0.1, 0.15) is 6.92 Å². The van der Waals surface area contributed by atoms with Crippen LogP contribution in [-0.2, 0) is 9.53 Å². The van der Waals surface area contributed by atoms with E-state index in [1.54, 1.807) is 0 Å². The van der Waals surface area contributed by atoms with Gasteiger partial charge in [-0.05, 0) is 6.92 Å². The molecule has 0 saturated heterocycles. The minimum atomic E-state index is -3.02. The fourth-order valence-electron chi connectivity index (χ4n) is 0.213. The summed E-state index contributed by atoms with van der Waals surface area (Å²) in [7, 11) is 0. The molecule has 54 valence electrons. The van der Waals surface area contributed by atoms with Crippen LogP contribution in [0.2, 0.25) is 0 Å². The Kier molecular flexibility index (Phi) is 3.08. The van der Waals surface area contributed by atoms with Crippen LogP contribution in [0.25, 0.3) is 0 Å². The summed E-state index contributed by atoms with van der Waals surface area (Å²) >= 11 is 0. The number of halogens is 2. The summed E-state index contributed by atoms with van der Waals surface area (Å²) in [6.07, 6.45) is -1.44. The molecule has 5 heteroatoms. The Morgan fingerprint density at radius 3 is 2.22 bits per heavy atom. The fraction of sp³-hybridized carbons (Fsp3) is 0.750. The number of carbonyl (C=O) groups is 1. The number of rotatable bonds is 3. The van der Waals surface area contributed by atoms with Gasteiger partial charge in [0.2, 0.25) is 0 Å². The van der Waals surface area contributed by atoms with Crippen molar-refractivity contribution in [3.8, 4) is 0 Å². The van der Waals surface area contributed by atoms with Crippen LogP contribution in [0.15, 0.2) is 0 Å². The van der Waals surface area contributed by atoms with Gasteiger partial charge in [0.15, 0.2) is 6.10 Å². The molecule has 1 unspecified atom stereocenters. The number of ether oxygens (including phenoxy) is 1. The summed E-state index contributed by atoms with van der Waals surface area (Å²) in [5.41, 5.74) is 0. The number of carboxylic acid groups (broad SMARTS) is 1. The molecule has 0 amide bonds. The van der Waals surface area contributed by atoms with Crippen molar-refractivity contribution in [1.29, 1.82) is 0 Å². The predicted octanol–water partition coefficient (Wildman–Crippen LogP) is 0.699. The van der Waals surface area contributed by atoms with Gasteiger partial charge in [-0.1, -0.05) is 0 Å². The first-order valence-corrected chi connectivity index (χ1v) is 2.20. The highest BCUT2D eigenvalue weighted by molar-refractivity contribution is 5.71. The van der Waals surface area contributed by atoms with Crippen LogP contribution in [0.5, 0.6) is 0 Å². The molecule has 9 heavy (non-hydrogen) atoms. The number of hydrogen-bond donors (Lipinski definition) is 1. The fourth-order valence-corrected chi connectivity index (χ4v) is 0.213. The van der Waals surface area contributed by atoms with Gasteiger partial charge < -0.3 is 9.84 Å². The molecule has 0 saturated carbocycles. The molecule has 0 aliphatic carbocycles. The van der Waals surface area contributed by atoms with Crippen molar-refractivity contribution in [2.75, 3.05) is 0 Å². The molecule has 0 rings (SSSR count). The predicted molar refractivity (Wildman–Crippen MR) is 24.2 cm³/mol. The average Bonchev–Trinajstić information content (AvgIpc) is 1.63. The van der Waals surface area contributed by atoms with E-state index in [1.807, 2.05) is 0 Å². The first-order valence-electron chi connectivity index (χ1n) is 2.20. The van der Waals surface area contributed by atoms with Crippen LogP contribution in [-0.4, -0.2) is 23.8 Å². The molecule has 0 aromatic rings. The van der Waals surface area contributed by atoms with Gasteiger partial charge in [-0.25, -0.2) is 4.79 Å². The Morgan fingerprint density at radius 1 is 1.67 bits per heavy atom. The summed E-state index contributed by atoms with van der Waals surface area (Å²) in [6.45, 7) is -1.98. The lowest BCUT2D eigenvalue weighted by atomic mass is 10.4. The van der Waals surface area contributed by atoms with Crippen LogP contribution >= 0.6 is 0 Å². The van der Waals surface area contributed by atoms with Crippen LogP contribution in [0.4, 0.5) is 8.78 Å². The van der Waals surface area contributed by atoms with E-state index < -0.39 is 18.7 Å². The maximum atomic E-state index is 11.2. The van der Waals surface area contributed by atoms with Crippen molar-refractivity contribution in [2.45, 2.75) is 19.6 Å². The first kappa shape index (κ1) is 8.29. The average molecular weight is 140 g/mol. The number of alkyl halides is 2. The van der Waals surface area contributed by atoms with Crippen LogP contribution in [0, 0.1) is 0 Å². The zero-order valence-electron chi connectivity index (χ0n) is 4.67. The number of aliphatic carboxylic acids is 1. The minimum Gasteiger partial charge on any atom is -0.479 e. The molecule has 1 atom stereocenters. The maximum Gasteiger partial charge on any atom is 0.346 e. The summed E-state index contributed by atoms with van der Waals surface area (Å²) < 4.78 is 25.9. The topological polar surface area (TPSA) is 46.5 Å². The highest BCUT2D eigenvalue weighted by atomic mass is 19.3. The van der Waals surface area contributed by atoms with Gasteiger partial charge in [-0.15, -0.1) is 0 Å². The van der Waals surface area contributed by atoms with E-state index >= 15 is 0 Å². The number of carboxylic acids is 1. The van der Waals surface area contributed by atoms with Crippen molar-refractivity contribution in [2.24, 2.45) is 0 Å². The molecule has 0 spiro atoms. The smallest absolute Gasteiger partial charge is 0.346 e. The summed E-state index contributed by atoms with van der Waals surface area (Å²) in [5, 5.41) is 7.97. The first-order chi connectivity index (χ1) is 4.04. The third kappa shape index (κ3) is 3.84. The lowest BCUT2D eigenvalue weighted by molar-refractivity contribution is -0.183. The summed E-state index contributed by atoms with van der Waals surface area (Å²) in [4.78, 5) is 9.78. The molecule has 0 bridgehead atoms. The van der Waals surface area contributed by atoms with E-state index in [0.717, 1.165) is 6.92 Å². The molecule has 0 aliphatic heterocycles. The quantitative estimate of drug-likeness (QED) is 0.627. The molecule has 0 aromatic carbocycles. The molecule has 0 fully saturated rings. The Labute approximate surface area is 50.2 Å². The molecule has 1 N–H and O–H groups in total. The highest BCUT2D eigenvalue weighted by Gasteiger charge is 2.15. The Balaban J connectivity index is 3.50. The van der Waals surface area contributed by atoms with Crippen molar-refractivity contribution in [1.82, 2.24) is 0 Å². The van der Waals surface area contributed by atoms with Crippen molar-refractivity contribution in [3.63, 3.8) is 0 Å².